The van der Waals surface area contributed by atoms with Crippen molar-refractivity contribution in [2.45, 2.75) is 25.8 Å². The van der Waals surface area contributed by atoms with Gasteiger partial charge in [0.05, 0.1) is 0 Å². The van der Waals surface area contributed by atoms with E-state index >= 15 is 0 Å². The van der Waals surface area contributed by atoms with Crippen LogP contribution in [0.1, 0.15) is 19.0 Å². The highest BCUT2D eigenvalue weighted by atomic mass is 79.9. The number of aromatic nitrogens is 1. The predicted octanol–water partition coefficient (Wildman–Crippen LogP) is 1.89. The number of hydrazine groups is 1. The van der Waals surface area contributed by atoms with Crippen LogP contribution in [0.2, 0.25) is 0 Å². The molecule has 0 radical (unpaired) electrons. The second-order valence-corrected chi connectivity index (χ2v) is 5.25. The molecule has 1 aromatic heterocycles. The summed E-state index contributed by atoms with van der Waals surface area (Å²) in [5.41, 5.74) is 3.89. The summed E-state index contributed by atoms with van der Waals surface area (Å²) in [5, 5.41) is 0. The Morgan fingerprint density at radius 1 is 1.53 bits per heavy atom. The molecule has 2 unspecified atom stereocenters. The predicted molar refractivity (Wildman–Crippen MR) is 72.4 cm³/mol. The van der Waals surface area contributed by atoms with Crippen molar-refractivity contribution in [1.29, 1.82) is 0 Å². The first-order chi connectivity index (χ1) is 8.15. The van der Waals surface area contributed by atoms with E-state index in [0.29, 0.717) is 5.92 Å². The maximum atomic E-state index is 5.57. The number of nitrogens with zero attached hydrogens (tertiary/aromatic N) is 1. The van der Waals surface area contributed by atoms with E-state index in [2.05, 4.69) is 33.3 Å². The molecule has 0 aliphatic carbocycles. The van der Waals surface area contributed by atoms with Crippen molar-refractivity contribution >= 4 is 15.9 Å². The van der Waals surface area contributed by atoms with E-state index in [1.165, 1.54) is 0 Å². The van der Waals surface area contributed by atoms with Crippen LogP contribution in [0.4, 0.5) is 0 Å². The lowest BCUT2D eigenvalue weighted by molar-refractivity contribution is 0.149. The summed E-state index contributed by atoms with van der Waals surface area (Å²) < 4.78 is 6.12. The number of hydrogen-bond donors (Lipinski definition) is 2. The van der Waals surface area contributed by atoms with Crippen molar-refractivity contribution in [3.8, 4) is 0 Å². The van der Waals surface area contributed by atoms with Crippen molar-refractivity contribution < 1.29 is 4.74 Å². The summed E-state index contributed by atoms with van der Waals surface area (Å²) in [6.45, 7) is 2.91. The number of nitrogens with two attached hydrogens (primary N) is 1. The van der Waals surface area contributed by atoms with E-state index in [4.69, 9.17) is 10.6 Å². The van der Waals surface area contributed by atoms with Gasteiger partial charge in [-0.05, 0) is 40.4 Å². The number of halogens is 1. The van der Waals surface area contributed by atoms with Gasteiger partial charge >= 0.3 is 0 Å². The zero-order valence-electron chi connectivity index (χ0n) is 10.3. The number of ether oxygens (including phenoxy) is 1. The zero-order valence-corrected chi connectivity index (χ0v) is 11.9. The lowest BCUT2D eigenvalue weighted by Gasteiger charge is -2.19. The van der Waals surface area contributed by atoms with Crippen LogP contribution in [0.5, 0.6) is 0 Å². The molecule has 1 rings (SSSR count). The van der Waals surface area contributed by atoms with E-state index in [-0.39, 0.29) is 6.04 Å². The van der Waals surface area contributed by atoms with Gasteiger partial charge in [-0.2, -0.15) is 0 Å². The third-order valence-electron chi connectivity index (χ3n) is 2.62. The number of nitrogens with one attached hydrogen (secondary N) is 1. The third-order valence-corrected chi connectivity index (χ3v) is 3.09. The lowest BCUT2D eigenvalue weighted by Crippen LogP contribution is -2.38. The lowest BCUT2D eigenvalue weighted by atomic mass is 9.99. The normalized spacial score (nSPS) is 14.6. The van der Waals surface area contributed by atoms with Gasteiger partial charge in [-0.3, -0.25) is 16.3 Å². The van der Waals surface area contributed by atoms with Gasteiger partial charge in [0.15, 0.2) is 0 Å². The van der Waals surface area contributed by atoms with Crippen LogP contribution in [0.3, 0.4) is 0 Å². The average molecular weight is 302 g/mol. The minimum Gasteiger partial charge on any atom is -0.384 e. The fourth-order valence-electron chi connectivity index (χ4n) is 1.83. The first kappa shape index (κ1) is 14.6. The molecule has 0 fully saturated rings. The monoisotopic (exact) mass is 301 g/mol. The molecule has 0 aromatic carbocycles. The number of rotatable bonds is 7. The minimum absolute atomic E-state index is 0.230. The Hall–Kier alpha value is -0.490. The molecule has 0 amide bonds. The Labute approximate surface area is 111 Å². The van der Waals surface area contributed by atoms with Gasteiger partial charge < -0.3 is 4.74 Å². The van der Waals surface area contributed by atoms with Crippen LogP contribution in [0, 0.1) is 5.92 Å². The summed E-state index contributed by atoms with van der Waals surface area (Å²) in [4.78, 5) is 4.35. The van der Waals surface area contributed by atoms with Crippen LogP contribution in [-0.2, 0) is 11.2 Å². The molecule has 5 heteroatoms. The number of pyridine rings is 1. The van der Waals surface area contributed by atoms with Gasteiger partial charge in [0.1, 0.15) is 0 Å². The molecule has 1 aromatic rings. The van der Waals surface area contributed by atoms with E-state index < -0.39 is 0 Å². The molecule has 0 saturated heterocycles. The fourth-order valence-corrected chi connectivity index (χ4v) is 2.06. The second kappa shape index (κ2) is 7.76. The first-order valence-electron chi connectivity index (χ1n) is 5.71. The van der Waals surface area contributed by atoms with Crippen molar-refractivity contribution in [2.24, 2.45) is 11.8 Å². The quantitative estimate of drug-likeness (QED) is 0.596. The highest BCUT2D eigenvalue weighted by Gasteiger charge is 2.13. The standard InChI is InChI=1S/C12H20BrN3O/c1-9(8-17-2)5-12(16-14)6-11-4-3-10(13)7-15-11/h3-4,7,9,12,16H,5-6,8,14H2,1-2H3. The van der Waals surface area contributed by atoms with E-state index in [0.717, 1.165) is 29.6 Å². The molecule has 0 aliphatic rings. The van der Waals surface area contributed by atoms with Crippen LogP contribution in [-0.4, -0.2) is 24.7 Å². The summed E-state index contributed by atoms with van der Waals surface area (Å²) >= 11 is 3.37. The number of methoxy groups -OCH3 is 1. The molecule has 96 valence electrons. The molecule has 1 heterocycles. The summed E-state index contributed by atoms with van der Waals surface area (Å²) in [6, 6.07) is 4.23. The molecule has 17 heavy (non-hydrogen) atoms. The van der Waals surface area contributed by atoms with Gasteiger partial charge in [0, 0.05) is 42.5 Å². The summed E-state index contributed by atoms with van der Waals surface area (Å²) in [5.74, 6) is 6.05. The molecule has 3 N–H and O–H groups in total. The van der Waals surface area contributed by atoms with Crippen LogP contribution in [0.15, 0.2) is 22.8 Å². The minimum atomic E-state index is 0.230. The maximum Gasteiger partial charge on any atom is 0.0488 e. The second-order valence-electron chi connectivity index (χ2n) is 4.33. The highest BCUT2D eigenvalue weighted by Crippen LogP contribution is 2.12. The Morgan fingerprint density at radius 3 is 2.82 bits per heavy atom. The third kappa shape index (κ3) is 5.59. The van der Waals surface area contributed by atoms with Gasteiger partial charge in [0.2, 0.25) is 0 Å². The summed E-state index contributed by atoms with van der Waals surface area (Å²) in [7, 11) is 1.72. The van der Waals surface area contributed by atoms with E-state index in [1.807, 2.05) is 18.3 Å². The molecule has 0 saturated carbocycles. The van der Waals surface area contributed by atoms with Crippen molar-refractivity contribution in [3.05, 3.63) is 28.5 Å². The van der Waals surface area contributed by atoms with Gasteiger partial charge in [-0.1, -0.05) is 6.92 Å². The fraction of sp³-hybridized carbons (Fsp3) is 0.583. The van der Waals surface area contributed by atoms with Crippen LogP contribution >= 0.6 is 15.9 Å². The molecule has 0 bridgehead atoms. The average Bonchev–Trinajstić information content (AvgIpc) is 2.31. The molecule has 2 atom stereocenters. The Bertz CT molecular complexity index is 318. The highest BCUT2D eigenvalue weighted by molar-refractivity contribution is 9.10. The number of hydrogen-bond acceptors (Lipinski definition) is 4. The zero-order chi connectivity index (χ0) is 12.7. The van der Waals surface area contributed by atoms with Gasteiger partial charge in [-0.15, -0.1) is 0 Å². The smallest absolute Gasteiger partial charge is 0.0488 e. The van der Waals surface area contributed by atoms with Crippen LogP contribution < -0.4 is 11.3 Å². The van der Waals surface area contributed by atoms with Crippen molar-refractivity contribution in [1.82, 2.24) is 10.4 Å². The Morgan fingerprint density at radius 2 is 2.29 bits per heavy atom. The first-order valence-corrected chi connectivity index (χ1v) is 6.50. The maximum absolute atomic E-state index is 5.57. The summed E-state index contributed by atoms with van der Waals surface area (Å²) in [6.07, 6.45) is 3.61. The van der Waals surface area contributed by atoms with Crippen molar-refractivity contribution in [3.63, 3.8) is 0 Å². The molecule has 4 nitrogen and oxygen atoms in total. The Balaban J connectivity index is 2.48. The largest absolute Gasteiger partial charge is 0.384 e. The molecular formula is C12H20BrN3O. The van der Waals surface area contributed by atoms with E-state index in [9.17, 15) is 0 Å². The SMILES string of the molecule is COCC(C)CC(Cc1ccc(Br)cn1)NN. The van der Waals surface area contributed by atoms with Crippen LogP contribution in [0.25, 0.3) is 0 Å². The van der Waals surface area contributed by atoms with Gasteiger partial charge in [-0.25, -0.2) is 0 Å². The van der Waals surface area contributed by atoms with Gasteiger partial charge in [0.25, 0.3) is 0 Å². The molecule has 0 aliphatic heterocycles. The Kier molecular flexibility index (Phi) is 6.65. The van der Waals surface area contributed by atoms with Crippen molar-refractivity contribution in [2.75, 3.05) is 13.7 Å². The molecular weight excluding hydrogens is 282 g/mol. The topological polar surface area (TPSA) is 60.2 Å². The molecule has 0 spiro atoms. The van der Waals surface area contributed by atoms with E-state index in [1.54, 1.807) is 7.11 Å².